The zero-order valence-electron chi connectivity index (χ0n) is 12.2. The summed E-state index contributed by atoms with van der Waals surface area (Å²) in [6.07, 6.45) is 2.64. The van der Waals surface area contributed by atoms with Gasteiger partial charge in [0.2, 0.25) is 5.95 Å². The van der Waals surface area contributed by atoms with Gasteiger partial charge in [-0.1, -0.05) is 12.1 Å². The summed E-state index contributed by atoms with van der Waals surface area (Å²) in [5.41, 5.74) is 1.22. The zero-order chi connectivity index (χ0) is 15.1. The lowest BCUT2D eigenvalue weighted by Crippen LogP contribution is -2.09. The monoisotopic (exact) mass is 350 g/mol. The summed E-state index contributed by atoms with van der Waals surface area (Å²) in [4.78, 5) is 8.61. The van der Waals surface area contributed by atoms with Crippen LogP contribution in [0.3, 0.4) is 0 Å². The van der Waals surface area contributed by atoms with E-state index in [9.17, 15) is 0 Å². The van der Waals surface area contributed by atoms with Crippen LogP contribution in [0, 0.1) is 0 Å². The summed E-state index contributed by atoms with van der Waals surface area (Å²) >= 11 is 3.46. The molecule has 1 aromatic carbocycles. The number of hydrogen-bond acceptors (Lipinski definition) is 5. The molecule has 0 atom stereocenters. The van der Waals surface area contributed by atoms with Gasteiger partial charge in [0.1, 0.15) is 11.6 Å². The van der Waals surface area contributed by atoms with E-state index in [0.717, 1.165) is 35.6 Å². The van der Waals surface area contributed by atoms with Gasteiger partial charge < -0.3 is 15.4 Å². The van der Waals surface area contributed by atoms with Crippen molar-refractivity contribution in [3.8, 4) is 5.75 Å². The van der Waals surface area contributed by atoms with Crippen molar-refractivity contribution in [3.05, 3.63) is 40.5 Å². The van der Waals surface area contributed by atoms with Crippen LogP contribution in [0.5, 0.6) is 5.75 Å². The maximum atomic E-state index is 5.22. The second-order valence-corrected chi connectivity index (χ2v) is 5.30. The van der Waals surface area contributed by atoms with Gasteiger partial charge in [-0.15, -0.1) is 0 Å². The number of anilines is 2. The molecular formula is C15H19BrN4O. The molecule has 112 valence electrons. The number of ether oxygens (including phenoxy) is 1. The number of aromatic nitrogens is 2. The molecule has 0 amide bonds. The highest BCUT2D eigenvalue weighted by Crippen LogP contribution is 2.20. The van der Waals surface area contributed by atoms with Gasteiger partial charge in [0.25, 0.3) is 0 Å². The third kappa shape index (κ3) is 4.60. The van der Waals surface area contributed by atoms with Crippen molar-refractivity contribution in [1.29, 1.82) is 0 Å². The number of nitrogens with one attached hydrogen (secondary N) is 2. The van der Waals surface area contributed by atoms with E-state index >= 15 is 0 Å². The van der Waals surface area contributed by atoms with Crippen LogP contribution in [0.25, 0.3) is 0 Å². The fourth-order valence-electron chi connectivity index (χ4n) is 1.89. The summed E-state index contributed by atoms with van der Waals surface area (Å²) < 4.78 is 6.08. The van der Waals surface area contributed by atoms with Crippen molar-refractivity contribution in [2.45, 2.75) is 13.3 Å². The highest BCUT2D eigenvalue weighted by molar-refractivity contribution is 9.10. The van der Waals surface area contributed by atoms with Crippen molar-refractivity contribution in [1.82, 2.24) is 9.97 Å². The number of benzene rings is 1. The van der Waals surface area contributed by atoms with Crippen molar-refractivity contribution in [3.63, 3.8) is 0 Å². The molecule has 5 nitrogen and oxygen atoms in total. The molecule has 0 radical (unpaired) electrons. The summed E-state index contributed by atoms with van der Waals surface area (Å²) in [6, 6.07) is 8.07. The Bertz CT molecular complexity index is 592. The van der Waals surface area contributed by atoms with Gasteiger partial charge in [-0.2, -0.15) is 4.98 Å². The molecule has 6 heteroatoms. The Morgan fingerprint density at radius 1 is 1.29 bits per heavy atom. The topological polar surface area (TPSA) is 59.1 Å². The van der Waals surface area contributed by atoms with Crippen LogP contribution in [0.2, 0.25) is 0 Å². The summed E-state index contributed by atoms with van der Waals surface area (Å²) in [5.74, 6) is 2.30. The minimum absolute atomic E-state index is 0.629. The Morgan fingerprint density at radius 3 is 2.90 bits per heavy atom. The van der Waals surface area contributed by atoms with Crippen LogP contribution >= 0.6 is 15.9 Å². The number of hydrogen-bond donors (Lipinski definition) is 2. The van der Waals surface area contributed by atoms with Gasteiger partial charge in [-0.05, 0) is 47.0 Å². The Morgan fingerprint density at radius 2 is 2.14 bits per heavy atom. The first-order chi connectivity index (χ1) is 10.2. The molecule has 1 heterocycles. The third-order valence-electron chi connectivity index (χ3n) is 2.92. The number of halogens is 1. The molecule has 21 heavy (non-hydrogen) atoms. The maximum absolute atomic E-state index is 5.22. The van der Waals surface area contributed by atoms with Crippen molar-refractivity contribution in [2.75, 3.05) is 30.8 Å². The highest BCUT2D eigenvalue weighted by Gasteiger charge is 2.04. The minimum Gasteiger partial charge on any atom is -0.497 e. The third-order valence-corrected chi connectivity index (χ3v) is 3.50. The first kappa shape index (κ1) is 15.6. The van der Waals surface area contributed by atoms with Crippen LogP contribution < -0.4 is 15.4 Å². The number of methoxy groups -OCH3 is 1. The second kappa shape index (κ2) is 7.83. The molecule has 1 aromatic heterocycles. The first-order valence-corrected chi connectivity index (χ1v) is 7.65. The predicted octanol–water partition coefficient (Wildman–Crippen LogP) is 3.33. The highest BCUT2D eigenvalue weighted by atomic mass is 79.9. The lowest BCUT2D eigenvalue weighted by Gasteiger charge is -2.10. The average Bonchev–Trinajstić information content (AvgIpc) is 2.51. The maximum Gasteiger partial charge on any atom is 0.224 e. The molecule has 0 saturated carbocycles. The van der Waals surface area contributed by atoms with Crippen molar-refractivity contribution >= 4 is 27.7 Å². The molecule has 2 N–H and O–H groups in total. The average molecular weight is 351 g/mol. The van der Waals surface area contributed by atoms with Crippen LogP contribution in [0.1, 0.15) is 12.5 Å². The molecule has 0 aliphatic rings. The summed E-state index contributed by atoms with van der Waals surface area (Å²) in [7, 11) is 1.68. The largest absolute Gasteiger partial charge is 0.497 e. The van der Waals surface area contributed by atoms with E-state index in [2.05, 4.69) is 42.6 Å². The Balaban J connectivity index is 1.94. The quantitative estimate of drug-likeness (QED) is 0.801. The van der Waals surface area contributed by atoms with Crippen molar-refractivity contribution in [2.24, 2.45) is 0 Å². The van der Waals surface area contributed by atoms with E-state index in [1.54, 1.807) is 13.3 Å². The van der Waals surface area contributed by atoms with E-state index in [1.807, 2.05) is 25.1 Å². The zero-order valence-corrected chi connectivity index (χ0v) is 13.8. The SMILES string of the molecule is CCNc1ncc(Br)c(NCCc2cccc(OC)c2)n1. The minimum atomic E-state index is 0.629. The van der Waals surface area contributed by atoms with E-state index in [-0.39, 0.29) is 0 Å². The smallest absolute Gasteiger partial charge is 0.224 e. The molecule has 2 rings (SSSR count). The normalized spacial score (nSPS) is 10.2. The van der Waals surface area contributed by atoms with E-state index < -0.39 is 0 Å². The molecule has 0 spiro atoms. The molecule has 0 bridgehead atoms. The fraction of sp³-hybridized carbons (Fsp3) is 0.333. The standard InChI is InChI=1S/C15H19BrN4O/c1-3-17-15-19-10-13(16)14(20-15)18-8-7-11-5-4-6-12(9-11)21-2/h4-6,9-10H,3,7-8H2,1-2H3,(H2,17,18,19,20). The Labute approximate surface area is 133 Å². The molecule has 2 aromatic rings. The van der Waals surface area contributed by atoms with E-state index in [4.69, 9.17) is 4.74 Å². The number of nitrogens with zero attached hydrogens (tertiary/aromatic N) is 2. The lowest BCUT2D eigenvalue weighted by atomic mass is 10.1. The molecule has 0 fully saturated rings. The van der Waals surface area contributed by atoms with Gasteiger partial charge in [-0.3, -0.25) is 0 Å². The summed E-state index contributed by atoms with van der Waals surface area (Å²) in [5, 5.41) is 6.42. The first-order valence-electron chi connectivity index (χ1n) is 6.86. The van der Waals surface area contributed by atoms with Gasteiger partial charge in [0.15, 0.2) is 0 Å². The molecule has 0 aliphatic carbocycles. The van der Waals surface area contributed by atoms with Gasteiger partial charge in [0.05, 0.1) is 11.6 Å². The Kier molecular flexibility index (Phi) is 5.80. The molecule has 0 aliphatic heterocycles. The fourth-order valence-corrected chi connectivity index (χ4v) is 2.22. The Hall–Kier alpha value is -1.82. The van der Waals surface area contributed by atoms with Crippen LogP contribution in [-0.2, 0) is 6.42 Å². The number of rotatable bonds is 7. The summed E-state index contributed by atoms with van der Waals surface area (Å²) in [6.45, 7) is 3.60. The molecular weight excluding hydrogens is 332 g/mol. The van der Waals surface area contributed by atoms with E-state index in [0.29, 0.717) is 5.95 Å². The van der Waals surface area contributed by atoms with E-state index in [1.165, 1.54) is 5.56 Å². The van der Waals surface area contributed by atoms with Gasteiger partial charge >= 0.3 is 0 Å². The predicted molar refractivity (Wildman–Crippen MR) is 89.1 cm³/mol. The van der Waals surface area contributed by atoms with Crippen LogP contribution in [0.15, 0.2) is 34.9 Å². The van der Waals surface area contributed by atoms with Crippen LogP contribution in [0.4, 0.5) is 11.8 Å². The lowest BCUT2D eigenvalue weighted by molar-refractivity contribution is 0.414. The van der Waals surface area contributed by atoms with Gasteiger partial charge in [-0.25, -0.2) is 4.98 Å². The van der Waals surface area contributed by atoms with Crippen LogP contribution in [-0.4, -0.2) is 30.2 Å². The van der Waals surface area contributed by atoms with Crippen molar-refractivity contribution < 1.29 is 4.74 Å². The molecule has 0 unspecified atom stereocenters. The second-order valence-electron chi connectivity index (χ2n) is 4.45. The molecule has 0 saturated heterocycles. The van der Waals surface area contributed by atoms with Gasteiger partial charge in [0, 0.05) is 19.3 Å².